The average molecular weight is 268 g/mol. The monoisotopic (exact) mass is 267 g/mol. The van der Waals surface area contributed by atoms with Crippen LogP contribution in [0.15, 0.2) is 24.3 Å². The average Bonchev–Trinajstić information content (AvgIpc) is 2.40. The minimum absolute atomic E-state index is 0.0933. The number of rotatable bonds is 4. The first-order valence-electron chi connectivity index (χ1n) is 6.34. The quantitative estimate of drug-likeness (QED) is 0.880. The lowest BCUT2D eigenvalue weighted by molar-refractivity contribution is -0.128. The highest BCUT2D eigenvalue weighted by Crippen LogP contribution is 2.23. The molecule has 2 rings (SSSR count). The van der Waals surface area contributed by atoms with Crippen LogP contribution in [0.5, 0.6) is 0 Å². The molecule has 0 amide bonds. The fourth-order valence-corrected chi connectivity index (χ4v) is 2.44. The van der Waals surface area contributed by atoms with Crippen LogP contribution in [0.2, 0.25) is 5.02 Å². The Bertz CT molecular complexity index is 399. The lowest BCUT2D eigenvalue weighted by Crippen LogP contribution is -2.29. The number of benzene rings is 1. The molecule has 2 N–H and O–H groups in total. The number of aliphatic hydroxyl groups is 1. The summed E-state index contributed by atoms with van der Waals surface area (Å²) >= 11 is 5.78. The fourth-order valence-electron chi connectivity index (χ4n) is 2.31. The smallest absolute Gasteiger partial charge is 0.166 e. The van der Waals surface area contributed by atoms with Crippen LogP contribution in [-0.2, 0) is 4.79 Å². The predicted molar refractivity (Wildman–Crippen MR) is 71.6 cm³/mol. The molecule has 1 aromatic rings. The molecule has 1 fully saturated rings. The zero-order valence-electron chi connectivity index (χ0n) is 10.2. The molecule has 3 nitrogen and oxygen atoms in total. The third kappa shape index (κ3) is 3.55. The second-order valence-corrected chi connectivity index (χ2v) is 5.25. The van der Waals surface area contributed by atoms with Crippen molar-refractivity contribution in [3.8, 4) is 0 Å². The Labute approximate surface area is 112 Å². The van der Waals surface area contributed by atoms with Gasteiger partial charge in [0.05, 0.1) is 0 Å². The molecule has 4 heteroatoms. The van der Waals surface area contributed by atoms with Crippen LogP contribution in [0.25, 0.3) is 0 Å². The minimum atomic E-state index is -1.02. The van der Waals surface area contributed by atoms with Crippen LogP contribution in [0.1, 0.15) is 30.9 Å². The number of aliphatic hydroxyl groups excluding tert-OH is 1. The van der Waals surface area contributed by atoms with Gasteiger partial charge >= 0.3 is 0 Å². The van der Waals surface area contributed by atoms with Crippen LogP contribution in [-0.4, -0.2) is 24.0 Å². The highest BCUT2D eigenvalue weighted by Gasteiger charge is 2.22. The number of Topliss-reactive ketones (excluding diaryl/α,β-unsaturated/α-hetero) is 1. The van der Waals surface area contributed by atoms with E-state index in [1.54, 1.807) is 24.3 Å². The summed E-state index contributed by atoms with van der Waals surface area (Å²) in [6, 6.07) is 6.79. The standard InChI is InChI=1S/C14H18ClNO2/c15-12-3-1-11(2-4-12)14(18)13(17)9-10-5-7-16-8-6-10/h1-4,10,14,16,18H,5-9H2. The van der Waals surface area contributed by atoms with Crippen LogP contribution in [0.4, 0.5) is 0 Å². The third-order valence-corrected chi connectivity index (χ3v) is 3.69. The number of carbonyl (C=O) groups is 1. The Morgan fingerprint density at radius 3 is 2.56 bits per heavy atom. The SMILES string of the molecule is O=C(CC1CCNCC1)C(O)c1ccc(Cl)cc1. The summed E-state index contributed by atoms with van der Waals surface area (Å²) in [7, 11) is 0. The molecular weight excluding hydrogens is 250 g/mol. The molecule has 1 atom stereocenters. The number of carbonyl (C=O) groups excluding carboxylic acids is 1. The van der Waals surface area contributed by atoms with Gasteiger partial charge in [-0.3, -0.25) is 4.79 Å². The van der Waals surface area contributed by atoms with Crippen molar-refractivity contribution in [2.45, 2.75) is 25.4 Å². The molecule has 0 bridgehead atoms. The van der Waals surface area contributed by atoms with E-state index in [-0.39, 0.29) is 5.78 Å². The summed E-state index contributed by atoms with van der Waals surface area (Å²) in [4.78, 5) is 12.0. The second-order valence-electron chi connectivity index (χ2n) is 4.82. The van der Waals surface area contributed by atoms with Gasteiger partial charge in [-0.1, -0.05) is 23.7 Å². The maximum atomic E-state index is 12.0. The summed E-state index contributed by atoms with van der Waals surface area (Å²) in [5, 5.41) is 13.9. The van der Waals surface area contributed by atoms with E-state index >= 15 is 0 Å². The molecule has 1 saturated heterocycles. The van der Waals surface area contributed by atoms with Gasteiger partial charge in [0.25, 0.3) is 0 Å². The van der Waals surface area contributed by atoms with E-state index in [0.29, 0.717) is 22.9 Å². The molecular formula is C14H18ClNO2. The van der Waals surface area contributed by atoms with E-state index < -0.39 is 6.10 Å². The highest BCUT2D eigenvalue weighted by atomic mass is 35.5. The lowest BCUT2D eigenvalue weighted by Gasteiger charge is -2.22. The lowest BCUT2D eigenvalue weighted by atomic mass is 9.90. The van der Waals surface area contributed by atoms with E-state index in [2.05, 4.69) is 5.32 Å². The number of ketones is 1. The van der Waals surface area contributed by atoms with Crippen molar-refractivity contribution in [1.82, 2.24) is 5.32 Å². The Hall–Kier alpha value is -0.900. The Morgan fingerprint density at radius 1 is 1.33 bits per heavy atom. The van der Waals surface area contributed by atoms with Gasteiger partial charge in [0.1, 0.15) is 6.10 Å². The minimum Gasteiger partial charge on any atom is -0.381 e. The fraction of sp³-hybridized carbons (Fsp3) is 0.500. The zero-order valence-corrected chi connectivity index (χ0v) is 11.0. The van der Waals surface area contributed by atoms with Gasteiger partial charge in [0.2, 0.25) is 0 Å². The van der Waals surface area contributed by atoms with E-state index in [1.165, 1.54) is 0 Å². The maximum absolute atomic E-state index is 12.0. The molecule has 18 heavy (non-hydrogen) atoms. The first-order chi connectivity index (χ1) is 8.66. The first-order valence-corrected chi connectivity index (χ1v) is 6.71. The van der Waals surface area contributed by atoms with Crippen molar-refractivity contribution in [3.63, 3.8) is 0 Å². The van der Waals surface area contributed by atoms with Crippen molar-refractivity contribution < 1.29 is 9.90 Å². The zero-order chi connectivity index (χ0) is 13.0. The summed E-state index contributed by atoms with van der Waals surface area (Å²) < 4.78 is 0. The van der Waals surface area contributed by atoms with Crippen molar-refractivity contribution in [3.05, 3.63) is 34.9 Å². The van der Waals surface area contributed by atoms with Crippen LogP contribution < -0.4 is 5.32 Å². The van der Waals surface area contributed by atoms with E-state index in [1.807, 2.05) is 0 Å². The Kier molecular flexibility index (Phi) is 4.75. The molecule has 1 aliphatic rings. The molecule has 1 heterocycles. The Morgan fingerprint density at radius 2 is 1.94 bits per heavy atom. The highest BCUT2D eigenvalue weighted by molar-refractivity contribution is 6.30. The van der Waals surface area contributed by atoms with Gasteiger partial charge in [-0.25, -0.2) is 0 Å². The molecule has 98 valence electrons. The van der Waals surface area contributed by atoms with Gasteiger partial charge < -0.3 is 10.4 Å². The maximum Gasteiger partial charge on any atom is 0.166 e. The molecule has 1 aromatic carbocycles. The van der Waals surface area contributed by atoms with E-state index in [0.717, 1.165) is 25.9 Å². The summed E-state index contributed by atoms with van der Waals surface area (Å²) in [6.07, 6.45) is 1.47. The molecule has 0 aliphatic carbocycles. The van der Waals surface area contributed by atoms with E-state index in [4.69, 9.17) is 11.6 Å². The van der Waals surface area contributed by atoms with Crippen molar-refractivity contribution in [2.75, 3.05) is 13.1 Å². The van der Waals surface area contributed by atoms with Gasteiger partial charge in [-0.2, -0.15) is 0 Å². The number of nitrogens with one attached hydrogen (secondary N) is 1. The molecule has 1 unspecified atom stereocenters. The largest absolute Gasteiger partial charge is 0.381 e. The number of hydrogen-bond acceptors (Lipinski definition) is 3. The van der Waals surface area contributed by atoms with Crippen LogP contribution >= 0.6 is 11.6 Å². The van der Waals surface area contributed by atoms with Gasteiger partial charge in [0.15, 0.2) is 5.78 Å². The third-order valence-electron chi connectivity index (χ3n) is 3.44. The molecule has 0 spiro atoms. The van der Waals surface area contributed by atoms with Gasteiger partial charge in [-0.05, 0) is 49.5 Å². The van der Waals surface area contributed by atoms with Crippen molar-refractivity contribution in [1.29, 1.82) is 0 Å². The normalized spacial score (nSPS) is 18.6. The van der Waals surface area contributed by atoms with Gasteiger partial charge in [-0.15, -0.1) is 0 Å². The predicted octanol–water partition coefficient (Wildman–Crippen LogP) is 2.33. The van der Waals surface area contributed by atoms with Crippen molar-refractivity contribution >= 4 is 17.4 Å². The number of piperidine rings is 1. The molecule has 0 aromatic heterocycles. The number of halogens is 1. The summed E-state index contributed by atoms with van der Waals surface area (Å²) in [6.45, 7) is 1.93. The first kappa shape index (κ1) is 13.5. The van der Waals surface area contributed by atoms with Crippen LogP contribution in [0, 0.1) is 5.92 Å². The Balaban J connectivity index is 1.93. The topological polar surface area (TPSA) is 49.3 Å². The van der Waals surface area contributed by atoms with E-state index in [9.17, 15) is 9.90 Å². The number of hydrogen-bond donors (Lipinski definition) is 2. The molecule has 0 radical (unpaired) electrons. The summed E-state index contributed by atoms with van der Waals surface area (Å²) in [5.41, 5.74) is 0.623. The van der Waals surface area contributed by atoms with Crippen LogP contribution in [0.3, 0.4) is 0 Å². The van der Waals surface area contributed by atoms with Gasteiger partial charge in [0, 0.05) is 11.4 Å². The molecule has 0 saturated carbocycles. The summed E-state index contributed by atoms with van der Waals surface area (Å²) in [5.74, 6) is 0.310. The molecule has 1 aliphatic heterocycles. The second kappa shape index (κ2) is 6.32. The van der Waals surface area contributed by atoms with Crippen molar-refractivity contribution in [2.24, 2.45) is 5.92 Å².